The average molecular weight is 353 g/mol. The van der Waals surface area contributed by atoms with Crippen molar-refractivity contribution >= 4 is 39.8 Å². The van der Waals surface area contributed by atoms with Crippen molar-refractivity contribution < 1.29 is 9.53 Å². The maximum absolute atomic E-state index is 12.7. The normalized spacial score (nSPS) is 11.4. The van der Waals surface area contributed by atoms with E-state index >= 15 is 0 Å². The number of thiazole rings is 1. The summed E-state index contributed by atoms with van der Waals surface area (Å²) in [6.07, 6.45) is -0.448. The van der Waals surface area contributed by atoms with Gasteiger partial charge < -0.3 is 4.74 Å². The summed E-state index contributed by atoms with van der Waals surface area (Å²) in [4.78, 5) is 18.6. The number of carbonyl (C=O) groups is 1. The van der Waals surface area contributed by atoms with Crippen molar-refractivity contribution in [2.45, 2.75) is 46.1 Å². The molecule has 0 aliphatic heterocycles. The second-order valence-electron chi connectivity index (χ2n) is 6.34. The van der Waals surface area contributed by atoms with E-state index in [0.29, 0.717) is 11.0 Å². The van der Waals surface area contributed by atoms with Gasteiger partial charge in [-0.2, -0.15) is 0 Å². The number of nitrogens with zero attached hydrogens (tertiary/aromatic N) is 2. The molecule has 4 nitrogen and oxygen atoms in total. The minimum absolute atomic E-state index is 0.311. The molecule has 0 N–H and O–H groups in total. The molecule has 2 rings (SSSR count). The molecule has 1 heterocycles. The zero-order valence-corrected chi connectivity index (χ0v) is 15.6. The van der Waals surface area contributed by atoms with Crippen molar-refractivity contribution in [2.24, 2.45) is 0 Å². The quantitative estimate of drug-likeness (QED) is 0.678. The van der Waals surface area contributed by atoms with E-state index < -0.39 is 11.7 Å². The topological polar surface area (TPSA) is 42.4 Å². The first-order valence-corrected chi connectivity index (χ1v) is 8.73. The van der Waals surface area contributed by atoms with E-state index in [4.69, 9.17) is 16.3 Å². The fourth-order valence-corrected chi connectivity index (χ4v) is 2.99. The number of alkyl halides is 1. The lowest BCUT2D eigenvalue weighted by atomic mass is 10.1. The number of halogens is 1. The summed E-state index contributed by atoms with van der Waals surface area (Å²) < 4.78 is 5.54. The van der Waals surface area contributed by atoms with E-state index in [1.54, 1.807) is 0 Å². The van der Waals surface area contributed by atoms with Crippen LogP contribution in [0.15, 0.2) is 23.6 Å². The highest BCUT2D eigenvalue weighted by molar-refractivity contribution is 7.14. The molecule has 1 aromatic carbocycles. The van der Waals surface area contributed by atoms with Crippen LogP contribution in [0.4, 0.5) is 15.6 Å². The molecule has 0 spiro atoms. The van der Waals surface area contributed by atoms with Crippen LogP contribution in [0, 0.1) is 13.8 Å². The molecule has 0 aliphatic carbocycles. The molecule has 0 fully saturated rings. The van der Waals surface area contributed by atoms with Crippen LogP contribution in [0.3, 0.4) is 0 Å². The number of amides is 1. The lowest BCUT2D eigenvalue weighted by molar-refractivity contribution is 0.0599. The highest BCUT2D eigenvalue weighted by Crippen LogP contribution is 2.32. The van der Waals surface area contributed by atoms with Crippen molar-refractivity contribution in [2.75, 3.05) is 4.90 Å². The van der Waals surface area contributed by atoms with Crippen LogP contribution in [0.25, 0.3) is 0 Å². The number of aryl methyl sites for hydroxylation is 2. The van der Waals surface area contributed by atoms with Gasteiger partial charge in [0.1, 0.15) is 5.60 Å². The van der Waals surface area contributed by atoms with Crippen LogP contribution in [-0.2, 0) is 10.6 Å². The van der Waals surface area contributed by atoms with Gasteiger partial charge in [0, 0.05) is 5.38 Å². The Hall–Kier alpha value is -1.59. The minimum atomic E-state index is -0.582. The Morgan fingerprint density at radius 2 is 2.00 bits per heavy atom. The summed E-state index contributed by atoms with van der Waals surface area (Å²) in [6.45, 7) is 9.57. The second-order valence-corrected chi connectivity index (χ2v) is 7.44. The van der Waals surface area contributed by atoms with Gasteiger partial charge in [0.15, 0.2) is 5.13 Å². The van der Waals surface area contributed by atoms with Gasteiger partial charge in [0.05, 0.1) is 17.3 Å². The molecule has 0 atom stereocenters. The predicted octanol–water partition coefficient (Wildman–Crippen LogP) is 5.57. The summed E-state index contributed by atoms with van der Waals surface area (Å²) in [7, 11) is 0. The fraction of sp³-hybridized carbons (Fsp3) is 0.412. The van der Waals surface area contributed by atoms with Crippen LogP contribution in [0.2, 0.25) is 0 Å². The van der Waals surface area contributed by atoms with Gasteiger partial charge in [-0.25, -0.2) is 14.7 Å². The average Bonchev–Trinajstić information content (AvgIpc) is 2.89. The van der Waals surface area contributed by atoms with E-state index in [0.717, 1.165) is 16.9 Å². The molecule has 1 aromatic heterocycles. The number of hydrogen-bond donors (Lipinski definition) is 0. The van der Waals surface area contributed by atoms with Crippen molar-refractivity contribution in [3.05, 3.63) is 40.4 Å². The smallest absolute Gasteiger partial charge is 0.421 e. The van der Waals surface area contributed by atoms with E-state index in [9.17, 15) is 4.79 Å². The summed E-state index contributed by atoms with van der Waals surface area (Å²) in [5, 5.41) is 2.40. The summed E-state index contributed by atoms with van der Waals surface area (Å²) in [5.41, 5.74) is 3.16. The highest BCUT2D eigenvalue weighted by Gasteiger charge is 2.27. The maximum Gasteiger partial charge on any atom is 0.421 e. The van der Waals surface area contributed by atoms with Crippen molar-refractivity contribution in [3.63, 3.8) is 0 Å². The molecule has 0 unspecified atom stereocenters. The molecular formula is C17H21ClN2O2S. The molecule has 0 aliphatic rings. The Morgan fingerprint density at radius 3 is 2.52 bits per heavy atom. The lowest BCUT2D eigenvalue weighted by Gasteiger charge is -2.26. The van der Waals surface area contributed by atoms with Crippen LogP contribution in [0.1, 0.15) is 37.6 Å². The minimum Gasteiger partial charge on any atom is -0.443 e. The highest BCUT2D eigenvalue weighted by atomic mass is 35.5. The third-order valence-corrected chi connectivity index (χ3v) is 4.34. The van der Waals surface area contributed by atoms with E-state index in [-0.39, 0.29) is 0 Å². The first-order chi connectivity index (χ1) is 10.7. The summed E-state index contributed by atoms with van der Waals surface area (Å²) in [6, 6.07) is 5.84. The number of hydrogen-bond acceptors (Lipinski definition) is 4. The maximum atomic E-state index is 12.7. The Kier molecular flexibility index (Phi) is 5.32. The van der Waals surface area contributed by atoms with Crippen molar-refractivity contribution in [1.29, 1.82) is 0 Å². The SMILES string of the molecule is Cc1ccc(N(C(=O)OC(C)(C)C)c2nc(CCl)cs2)cc1C. The number of benzene rings is 1. The van der Waals surface area contributed by atoms with Crippen molar-refractivity contribution in [3.8, 4) is 0 Å². The third kappa shape index (κ3) is 4.45. The van der Waals surface area contributed by atoms with Crippen molar-refractivity contribution in [1.82, 2.24) is 4.98 Å². The van der Waals surface area contributed by atoms with E-state index in [1.165, 1.54) is 21.8 Å². The first-order valence-electron chi connectivity index (χ1n) is 7.32. The largest absolute Gasteiger partial charge is 0.443 e. The monoisotopic (exact) mass is 352 g/mol. The third-order valence-electron chi connectivity index (χ3n) is 3.19. The summed E-state index contributed by atoms with van der Waals surface area (Å²) >= 11 is 7.20. The number of aromatic nitrogens is 1. The fourth-order valence-electron chi connectivity index (χ4n) is 1.93. The standard InChI is InChI=1S/C17H21ClN2O2S/c1-11-6-7-14(8-12(11)2)20(16(21)22-17(3,4)5)15-19-13(9-18)10-23-15/h6-8,10H,9H2,1-5H3. The molecule has 23 heavy (non-hydrogen) atoms. The Morgan fingerprint density at radius 1 is 1.30 bits per heavy atom. The molecule has 124 valence electrons. The van der Waals surface area contributed by atoms with Gasteiger partial charge in [-0.15, -0.1) is 22.9 Å². The Bertz CT molecular complexity index is 707. The van der Waals surface area contributed by atoms with Gasteiger partial charge >= 0.3 is 6.09 Å². The predicted molar refractivity (Wildman–Crippen MR) is 96.0 cm³/mol. The van der Waals surface area contributed by atoms with Gasteiger partial charge in [0.2, 0.25) is 0 Å². The second kappa shape index (κ2) is 6.89. The Balaban J connectivity index is 2.45. The zero-order chi connectivity index (χ0) is 17.2. The first kappa shape index (κ1) is 17.8. The van der Waals surface area contributed by atoms with Crippen LogP contribution >= 0.6 is 22.9 Å². The molecule has 6 heteroatoms. The number of ether oxygens (including phenoxy) is 1. The molecule has 0 radical (unpaired) electrons. The van der Waals surface area contributed by atoms with E-state index in [2.05, 4.69) is 4.98 Å². The molecule has 1 amide bonds. The van der Waals surface area contributed by atoms with Crippen LogP contribution in [0.5, 0.6) is 0 Å². The van der Waals surface area contributed by atoms with Gasteiger partial charge in [0.25, 0.3) is 0 Å². The zero-order valence-electron chi connectivity index (χ0n) is 14.0. The Labute approximate surface area is 146 Å². The summed E-state index contributed by atoms with van der Waals surface area (Å²) in [5.74, 6) is 0.311. The van der Waals surface area contributed by atoms with Crippen LogP contribution < -0.4 is 4.90 Å². The molecule has 0 saturated carbocycles. The number of carbonyl (C=O) groups excluding carboxylic acids is 1. The van der Waals surface area contributed by atoms with Crippen LogP contribution in [-0.4, -0.2) is 16.7 Å². The van der Waals surface area contributed by atoms with Gasteiger partial charge in [-0.3, -0.25) is 0 Å². The van der Waals surface area contributed by atoms with Gasteiger partial charge in [-0.1, -0.05) is 6.07 Å². The molecular weight excluding hydrogens is 332 g/mol. The molecule has 0 bridgehead atoms. The molecule has 0 saturated heterocycles. The lowest BCUT2D eigenvalue weighted by Crippen LogP contribution is -2.33. The van der Waals surface area contributed by atoms with Gasteiger partial charge in [-0.05, 0) is 57.9 Å². The van der Waals surface area contributed by atoms with E-state index in [1.807, 2.05) is 58.2 Å². The molecule has 2 aromatic rings. The number of rotatable bonds is 3. The number of anilines is 2.